The summed E-state index contributed by atoms with van der Waals surface area (Å²) in [6, 6.07) is 8.03. The lowest BCUT2D eigenvalue weighted by Crippen LogP contribution is -2.30. The molecular formula is C15H16FN5. The molecule has 0 unspecified atom stereocenters. The van der Waals surface area contributed by atoms with Crippen molar-refractivity contribution >= 4 is 11.6 Å². The zero-order valence-corrected chi connectivity index (χ0v) is 11.6. The number of nitrogen functional groups attached to an aromatic ring is 1. The Balaban J connectivity index is 2.04. The Hall–Kier alpha value is -2.55. The van der Waals surface area contributed by atoms with Crippen molar-refractivity contribution in [2.75, 3.05) is 23.7 Å². The van der Waals surface area contributed by atoms with Crippen LogP contribution in [0.25, 0.3) is 5.69 Å². The van der Waals surface area contributed by atoms with Crippen molar-refractivity contribution in [3.05, 3.63) is 35.6 Å². The van der Waals surface area contributed by atoms with Crippen LogP contribution in [-0.4, -0.2) is 22.9 Å². The van der Waals surface area contributed by atoms with Gasteiger partial charge in [0.15, 0.2) is 5.82 Å². The van der Waals surface area contributed by atoms with Gasteiger partial charge in [-0.25, -0.2) is 9.07 Å². The molecule has 108 valence electrons. The predicted octanol–water partition coefficient (Wildman–Crippen LogP) is 2.46. The van der Waals surface area contributed by atoms with Crippen LogP contribution in [0.2, 0.25) is 0 Å². The molecule has 1 aliphatic heterocycles. The SMILES string of the molecule is N#Cc1c(N2CCCCC2)nn(-c2ccc(F)cc2)c1N. The molecule has 6 heteroatoms. The van der Waals surface area contributed by atoms with Gasteiger partial charge in [-0.2, -0.15) is 5.26 Å². The summed E-state index contributed by atoms with van der Waals surface area (Å²) in [5.74, 6) is 0.602. The summed E-state index contributed by atoms with van der Waals surface area (Å²) in [6.45, 7) is 1.77. The van der Waals surface area contributed by atoms with Crippen molar-refractivity contribution < 1.29 is 4.39 Å². The molecule has 0 spiro atoms. The van der Waals surface area contributed by atoms with Crippen molar-refractivity contribution in [1.29, 1.82) is 5.26 Å². The quantitative estimate of drug-likeness (QED) is 0.920. The second-order valence-electron chi connectivity index (χ2n) is 5.13. The molecule has 0 radical (unpaired) electrons. The van der Waals surface area contributed by atoms with E-state index in [0.717, 1.165) is 25.9 Å². The van der Waals surface area contributed by atoms with Gasteiger partial charge in [0.1, 0.15) is 23.3 Å². The normalized spacial score (nSPS) is 15.0. The second kappa shape index (κ2) is 5.44. The molecule has 1 aromatic heterocycles. The van der Waals surface area contributed by atoms with E-state index in [1.54, 1.807) is 12.1 Å². The fraction of sp³-hybridized carbons (Fsp3) is 0.333. The molecule has 0 bridgehead atoms. The van der Waals surface area contributed by atoms with E-state index >= 15 is 0 Å². The maximum absolute atomic E-state index is 13.0. The third-order valence-corrected chi connectivity index (χ3v) is 3.74. The van der Waals surface area contributed by atoms with Crippen LogP contribution in [0.3, 0.4) is 0 Å². The van der Waals surface area contributed by atoms with E-state index in [1.807, 2.05) is 0 Å². The molecule has 1 aromatic carbocycles. The summed E-state index contributed by atoms with van der Waals surface area (Å²) in [6.07, 6.45) is 3.38. The van der Waals surface area contributed by atoms with E-state index in [0.29, 0.717) is 22.9 Å². The average Bonchev–Trinajstić information content (AvgIpc) is 2.86. The first-order valence-electron chi connectivity index (χ1n) is 7.00. The number of hydrogen-bond donors (Lipinski definition) is 1. The number of piperidine rings is 1. The Morgan fingerprint density at radius 1 is 1.14 bits per heavy atom. The van der Waals surface area contributed by atoms with Crippen LogP contribution < -0.4 is 10.6 Å². The molecule has 21 heavy (non-hydrogen) atoms. The van der Waals surface area contributed by atoms with Crippen LogP contribution in [0.15, 0.2) is 24.3 Å². The molecule has 1 aliphatic rings. The van der Waals surface area contributed by atoms with E-state index in [1.165, 1.54) is 23.2 Å². The first-order valence-corrected chi connectivity index (χ1v) is 7.00. The molecule has 5 nitrogen and oxygen atoms in total. The minimum Gasteiger partial charge on any atom is -0.382 e. The van der Waals surface area contributed by atoms with Crippen LogP contribution in [0.4, 0.5) is 16.0 Å². The van der Waals surface area contributed by atoms with Gasteiger partial charge in [0.2, 0.25) is 0 Å². The van der Waals surface area contributed by atoms with Crippen LogP contribution >= 0.6 is 0 Å². The second-order valence-corrected chi connectivity index (χ2v) is 5.13. The molecule has 3 rings (SSSR count). The van der Waals surface area contributed by atoms with E-state index in [4.69, 9.17) is 5.73 Å². The monoisotopic (exact) mass is 285 g/mol. The third-order valence-electron chi connectivity index (χ3n) is 3.74. The van der Waals surface area contributed by atoms with Crippen molar-refractivity contribution in [1.82, 2.24) is 9.78 Å². The van der Waals surface area contributed by atoms with E-state index in [2.05, 4.69) is 16.1 Å². The van der Waals surface area contributed by atoms with Gasteiger partial charge in [-0.05, 0) is 43.5 Å². The fourth-order valence-corrected chi connectivity index (χ4v) is 2.63. The molecule has 2 N–H and O–H groups in total. The number of hydrogen-bond acceptors (Lipinski definition) is 4. The molecule has 1 saturated heterocycles. The summed E-state index contributed by atoms with van der Waals surface area (Å²) in [4.78, 5) is 2.10. The zero-order chi connectivity index (χ0) is 14.8. The summed E-state index contributed by atoms with van der Waals surface area (Å²) >= 11 is 0. The molecular weight excluding hydrogens is 269 g/mol. The van der Waals surface area contributed by atoms with Gasteiger partial charge >= 0.3 is 0 Å². The number of rotatable bonds is 2. The highest BCUT2D eigenvalue weighted by Crippen LogP contribution is 2.29. The summed E-state index contributed by atoms with van der Waals surface area (Å²) in [7, 11) is 0. The van der Waals surface area contributed by atoms with E-state index in [9.17, 15) is 9.65 Å². The minimum atomic E-state index is -0.318. The van der Waals surface area contributed by atoms with Gasteiger partial charge in [-0.1, -0.05) is 0 Å². The molecule has 0 aliphatic carbocycles. The number of nitriles is 1. The van der Waals surface area contributed by atoms with Gasteiger partial charge in [0.25, 0.3) is 0 Å². The van der Waals surface area contributed by atoms with Gasteiger partial charge in [-0.15, -0.1) is 5.10 Å². The molecule has 2 heterocycles. The van der Waals surface area contributed by atoms with Crippen molar-refractivity contribution in [3.8, 4) is 11.8 Å². The first kappa shape index (κ1) is 13.4. The van der Waals surface area contributed by atoms with E-state index < -0.39 is 0 Å². The van der Waals surface area contributed by atoms with E-state index in [-0.39, 0.29) is 5.82 Å². The lowest BCUT2D eigenvalue weighted by molar-refractivity contribution is 0.571. The fourth-order valence-electron chi connectivity index (χ4n) is 2.63. The Bertz CT molecular complexity index is 677. The molecule has 0 saturated carbocycles. The number of anilines is 2. The summed E-state index contributed by atoms with van der Waals surface area (Å²) in [5.41, 5.74) is 7.09. The summed E-state index contributed by atoms with van der Waals surface area (Å²) < 4.78 is 14.5. The van der Waals surface area contributed by atoms with Crippen LogP contribution in [0.1, 0.15) is 24.8 Å². The first-order chi connectivity index (χ1) is 10.2. The van der Waals surface area contributed by atoms with Crippen molar-refractivity contribution in [2.45, 2.75) is 19.3 Å². The number of nitrogens with zero attached hydrogens (tertiary/aromatic N) is 4. The number of halogens is 1. The Labute approximate surface area is 122 Å². The van der Waals surface area contributed by atoms with Gasteiger partial charge in [-0.3, -0.25) is 0 Å². The standard InChI is InChI=1S/C15H16FN5/c16-11-4-6-12(7-5-11)21-14(18)13(10-17)15(19-21)20-8-2-1-3-9-20/h4-7H,1-3,8-9,18H2. The number of aromatic nitrogens is 2. The highest BCUT2D eigenvalue weighted by molar-refractivity contribution is 5.67. The molecule has 2 aromatic rings. The van der Waals surface area contributed by atoms with Crippen LogP contribution in [0.5, 0.6) is 0 Å². The molecule has 1 fully saturated rings. The number of nitrogens with two attached hydrogens (primary N) is 1. The lowest BCUT2D eigenvalue weighted by atomic mass is 10.1. The highest BCUT2D eigenvalue weighted by Gasteiger charge is 2.22. The zero-order valence-electron chi connectivity index (χ0n) is 11.6. The average molecular weight is 285 g/mol. The highest BCUT2D eigenvalue weighted by atomic mass is 19.1. The Morgan fingerprint density at radius 3 is 2.43 bits per heavy atom. The largest absolute Gasteiger partial charge is 0.382 e. The maximum Gasteiger partial charge on any atom is 0.171 e. The third kappa shape index (κ3) is 2.42. The van der Waals surface area contributed by atoms with Gasteiger partial charge in [0.05, 0.1) is 5.69 Å². The molecule has 0 atom stereocenters. The Morgan fingerprint density at radius 2 is 1.81 bits per heavy atom. The van der Waals surface area contributed by atoms with Crippen molar-refractivity contribution in [3.63, 3.8) is 0 Å². The smallest absolute Gasteiger partial charge is 0.171 e. The predicted molar refractivity (Wildman–Crippen MR) is 78.7 cm³/mol. The summed E-state index contributed by atoms with van der Waals surface area (Å²) in [5, 5.41) is 13.8. The Kier molecular flexibility index (Phi) is 3.48. The minimum absolute atomic E-state index is 0.296. The lowest BCUT2D eigenvalue weighted by Gasteiger charge is -2.26. The van der Waals surface area contributed by atoms with Gasteiger partial charge < -0.3 is 10.6 Å². The maximum atomic E-state index is 13.0. The van der Waals surface area contributed by atoms with Gasteiger partial charge in [0, 0.05) is 13.1 Å². The van der Waals surface area contributed by atoms with Crippen molar-refractivity contribution in [2.24, 2.45) is 0 Å². The molecule has 0 amide bonds. The number of benzene rings is 1. The topological polar surface area (TPSA) is 70.9 Å². The van der Waals surface area contributed by atoms with Crippen LogP contribution in [0, 0.1) is 17.1 Å². The van der Waals surface area contributed by atoms with Crippen LogP contribution in [-0.2, 0) is 0 Å².